The Kier molecular flexibility index (Phi) is 4.14. The van der Waals surface area contributed by atoms with Gasteiger partial charge in [0, 0.05) is 12.1 Å². The van der Waals surface area contributed by atoms with E-state index in [0.717, 1.165) is 5.69 Å². The minimum Gasteiger partial charge on any atom is -0.326 e. The van der Waals surface area contributed by atoms with Crippen molar-refractivity contribution in [3.63, 3.8) is 0 Å². The maximum atomic E-state index is 11.2. The molecule has 0 atom stereocenters. The fourth-order valence-electron chi connectivity index (χ4n) is 0.964. The molecule has 1 N–H and O–H groups in total. The van der Waals surface area contributed by atoms with Gasteiger partial charge in [0.25, 0.3) is 0 Å². The average Bonchev–Trinajstić information content (AvgIpc) is 2.20. The van der Waals surface area contributed by atoms with Crippen LogP contribution in [0.3, 0.4) is 0 Å². The third-order valence-corrected chi connectivity index (χ3v) is 1.58. The van der Waals surface area contributed by atoms with Gasteiger partial charge in [-0.05, 0) is 18.2 Å². The van der Waals surface area contributed by atoms with Gasteiger partial charge in [-0.15, -0.1) is 0 Å². The first-order chi connectivity index (χ1) is 6.83. The summed E-state index contributed by atoms with van der Waals surface area (Å²) in [6.45, 7) is 0. The van der Waals surface area contributed by atoms with E-state index in [4.69, 9.17) is 0 Å². The summed E-state index contributed by atoms with van der Waals surface area (Å²) in [6, 6.07) is 9.18. The number of para-hydroxylation sites is 1. The number of allylic oxidation sites excluding steroid dienone is 1. The van der Waals surface area contributed by atoms with Crippen LogP contribution in [0, 0.1) is 0 Å². The van der Waals surface area contributed by atoms with Crippen molar-refractivity contribution in [3.05, 3.63) is 42.5 Å². The first-order valence-electron chi connectivity index (χ1n) is 4.28. The van der Waals surface area contributed by atoms with Gasteiger partial charge in [-0.2, -0.15) is 0 Å². The quantitative estimate of drug-likeness (QED) is 0.579. The molecule has 0 saturated heterocycles. The number of amides is 1. The van der Waals surface area contributed by atoms with Gasteiger partial charge in [0.05, 0.1) is 0 Å². The number of nitrogens with one attached hydrogen (secondary N) is 1. The number of hydrogen-bond donors (Lipinski definition) is 1. The predicted molar refractivity (Wildman–Crippen MR) is 54.9 cm³/mol. The Bertz CT molecular complexity index is 330. The lowest BCUT2D eigenvalue weighted by molar-refractivity contribution is -0.115. The second kappa shape index (κ2) is 5.70. The summed E-state index contributed by atoms with van der Waals surface area (Å²) in [5.74, 6) is -0.130. The third kappa shape index (κ3) is 3.67. The fourth-order valence-corrected chi connectivity index (χ4v) is 0.964. The molecule has 1 amide bonds. The highest BCUT2D eigenvalue weighted by molar-refractivity contribution is 5.91. The minimum atomic E-state index is -0.130. The number of rotatable bonds is 4. The van der Waals surface area contributed by atoms with Gasteiger partial charge in [-0.3, -0.25) is 9.59 Å². The van der Waals surface area contributed by atoms with E-state index in [2.05, 4.69) is 5.32 Å². The largest absolute Gasteiger partial charge is 0.326 e. The number of carbonyl (C=O) groups is 2. The van der Waals surface area contributed by atoms with Gasteiger partial charge in [0.15, 0.2) is 0 Å². The molecular formula is C11H11NO2. The monoisotopic (exact) mass is 189 g/mol. The van der Waals surface area contributed by atoms with Crippen LogP contribution in [-0.2, 0) is 9.59 Å². The summed E-state index contributed by atoms with van der Waals surface area (Å²) >= 11 is 0. The molecule has 3 nitrogen and oxygen atoms in total. The molecule has 1 rings (SSSR count). The van der Waals surface area contributed by atoms with Crippen LogP contribution in [0.4, 0.5) is 5.69 Å². The van der Waals surface area contributed by atoms with Crippen LogP contribution < -0.4 is 5.32 Å². The molecular weight excluding hydrogens is 178 g/mol. The summed E-state index contributed by atoms with van der Waals surface area (Å²) in [5, 5.41) is 2.69. The lowest BCUT2D eigenvalue weighted by atomic mass is 10.3. The summed E-state index contributed by atoms with van der Waals surface area (Å²) in [4.78, 5) is 21.1. The van der Waals surface area contributed by atoms with Crippen LogP contribution in [0.25, 0.3) is 0 Å². The van der Waals surface area contributed by atoms with Crippen molar-refractivity contribution in [2.24, 2.45) is 0 Å². The molecule has 3 heteroatoms. The Labute approximate surface area is 82.4 Å². The van der Waals surface area contributed by atoms with Gasteiger partial charge < -0.3 is 5.32 Å². The second-order valence-electron chi connectivity index (χ2n) is 2.68. The van der Waals surface area contributed by atoms with Crippen LogP contribution in [0.2, 0.25) is 0 Å². The van der Waals surface area contributed by atoms with Gasteiger partial charge in [0.2, 0.25) is 5.91 Å². The van der Waals surface area contributed by atoms with Crippen molar-refractivity contribution < 1.29 is 9.59 Å². The molecule has 0 aliphatic rings. The van der Waals surface area contributed by atoms with Crippen LogP contribution in [0.5, 0.6) is 0 Å². The lowest BCUT2D eigenvalue weighted by Gasteiger charge is -2.01. The molecule has 0 heterocycles. The first kappa shape index (κ1) is 10.2. The molecule has 0 aliphatic carbocycles. The number of anilines is 1. The van der Waals surface area contributed by atoms with Crippen molar-refractivity contribution in [2.75, 3.05) is 5.32 Å². The molecule has 0 fully saturated rings. The molecule has 14 heavy (non-hydrogen) atoms. The maximum Gasteiger partial charge on any atom is 0.228 e. The number of hydrogen-bond acceptors (Lipinski definition) is 2. The molecule has 72 valence electrons. The molecule has 0 radical (unpaired) electrons. The Balaban J connectivity index is 2.42. The van der Waals surface area contributed by atoms with E-state index in [0.29, 0.717) is 6.29 Å². The fraction of sp³-hybridized carbons (Fsp3) is 0.0909. The standard InChI is InChI=1S/C11H11NO2/c13-9-5-4-8-11(14)12-10-6-2-1-3-7-10/h1-7,9H,8H2,(H,12,14)/b5-4+. The molecule has 1 aromatic rings. The van der Waals surface area contributed by atoms with E-state index in [-0.39, 0.29) is 12.3 Å². The first-order valence-corrected chi connectivity index (χ1v) is 4.28. The van der Waals surface area contributed by atoms with Crippen LogP contribution in [0.1, 0.15) is 6.42 Å². The highest BCUT2D eigenvalue weighted by Crippen LogP contribution is 2.05. The molecule has 0 saturated carbocycles. The van der Waals surface area contributed by atoms with E-state index in [1.807, 2.05) is 18.2 Å². The van der Waals surface area contributed by atoms with Crippen molar-refractivity contribution >= 4 is 17.9 Å². The van der Waals surface area contributed by atoms with Crippen molar-refractivity contribution in [1.82, 2.24) is 0 Å². The zero-order chi connectivity index (χ0) is 10.2. The predicted octanol–water partition coefficient (Wildman–Crippen LogP) is 1.77. The number of carbonyl (C=O) groups excluding carboxylic acids is 2. The second-order valence-corrected chi connectivity index (χ2v) is 2.68. The van der Waals surface area contributed by atoms with Crippen molar-refractivity contribution in [3.8, 4) is 0 Å². The molecule has 1 aromatic carbocycles. The molecule has 0 unspecified atom stereocenters. The summed E-state index contributed by atoms with van der Waals surface area (Å²) in [5.41, 5.74) is 0.761. The summed E-state index contributed by atoms with van der Waals surface area (Å²) in [6.07, 6.45) is 3.69. The Hall–Kier alpha value is -1.90. The zero-order valence-electron chi connectivity index (χ0n) is 7.64. The Morgan fingerprint density at radius 3 is 2.64 bits per heavy atom. The molecule has 0 aromatic heterocycles. The van der Waals surface area contributed by atoms with E-state index in [9.17, 15) is 9.59 Å². The number of benzene rings is 1. The average molecular weight is 189 g/mol. The van der Waals surface area contributed by atoms with Gasteiger partial charge >= 0.3 is 0 Å². The topological polar surface area (TPSA) is 46.2 Å². The normalized spacial score (nSPS) is 10.0. The lowest BCUT2D eigenvalue weighted by Crippen LogP contribution is -2.09. The van der Waals surface area contributed by atoms with Crippen molar-refractivity contribution in [1.29, 1.82) is 0 Å². The minimum absolute atomic E-state index is 0.130. The molecule has 0 spiro atoms. The highest BCUT2D eigenvalue weighted by atomic mass is 16.1. The molecule has 0 aliphatic heterocycles. The summed E-state index contributed by atoms with van der Waals surface area (Å²) < 4.78 is 0. The van der Waals surface area contributed by atoms with Gasteiger partial charge in [-0.25, -0.2) is 0 Å². The molecule has 0 bridgehead atoms. The number of aldehydes is 1. The Morgan fingerprint density at radius 2 is 2.00 bits per heavy atom. The zero-order valence-corrected chi connectivity index (χ0v) is 7.64. The van der Waals surface area contributed by atoms with Crippen LogP contribution in [0.15, 0.2) is 42.5 Å². The van der Waals surface area contributed by atoms with E-state index in [1.54, 1.807) is 12.1 Å². The maximum absolute atomic E-state index is 11.2. The van der Waals surface area contributed by atoms with E-state index >= 15 is 0 Å². The van der Waals surface area contributed by atoms with Crippen LogP contribution in [-0.4, -0.2) is 12.2 Å². The van der Waals surface area contributed by atoms with E-state index < -0.39 is 0 Å². The highest BCUT2D eigenvalue weighted by Gasteiger charge is 1.97. The van der Waals surface area contributed by atoms with E-state index in [1.165, 1.54) is 12.2 Å². The Morgan fingerprint density at radius 1 is 1.29 bits per heavy atom. The van der Waals surface area contributed by atoms with Crippen molar-refractivity contribution in [2.45, 2.75) is 6.42 Å². The summed E-state index contributed by atoms with van der Waals surface area (Å²) in [7, 11) is 0. The smallest absolute Gasteiger partial charge is 0.228 e. The van der Waals surface area contributed by atoms with Gasteiger partial charge in [0.1, 0.15) is 6.29 Å². The third-order valence-electron chi connectivity index (χ3n) is 1.58. The van der Waals surface area contributed by atoms with Gasteiger partial charge in [-0.1, -0.05) is 24.3 Å². The van der Waals surface area contributed by atoms with Crippen LogP contribution >= 0.6 is 0 Å². The SMILES string of the molecule is O=C/C=C/CC(=O)Nc1ccccc1.